The lowest BCUT2D eigenvalue weighted by molar-refractivity contribution is 0.0599. The van der Waals surface area contributed by atoms with Crippen molar-refractivity contribution in [3.63, 3.8) is 0 Å². The van der Waals surface area contributed by atoms with Crippen LogP contribution in [0.4, 0.5) is 0 Å². The number of aryl methyl sites for hydroxylation is 1. The molecule has 4 rings (SSSR count). The van der Waals surface area contributed by atoms with Crippen molar-refractivity contribution in [2.45, 2.75) is 31.2 Å². The zero-order valence-corrected chi connectivity index (χ0v) is 19.5. The number of aromatic amines is 1. The van der Waals surface area contributed by atoms with E-state index in [4.69, 9.17) is 4.74 Å². The van der Waals surface area contributed by atoms with Gasteiger partial charge in [-0.2, -0.15) is 0 Å². The van der Waals surface area contributed by atoms with E-state index in [1.807, 2.05) is 54.0 Å². The van der Waals surface area contributed by atoms with E-state index < -0.39 is 11.2 Å². The minimum absolute atomic E-state index is 0.135. The summed E-state index contributed by atoms with van der Waals surface area (Å²) in [5.41, 5.74) is 3.73. The summed E-state index contributed by atoms with van der Waals surface area (Å²) in [6, 6.07) is 13.5. The van der Waals surface area contributed by atoms with E-state index in [0.29, 0.717) is 33.5 Å². The molecule has 0 radical (unpaired) electrons. The first kappa shape index (κ1) is 22.5. The van der Waals surface area contributed by atoms with Gasteiger partial charge >= 0.3 is 5.97 Å². The van der Waals surface area contributed by atoms with Crippen LogP contribution < -0.4 is 0 Å². The second kappa shape index (κ2) is 9.41. The van der Waals surface area contributed by atoms with Crippen molar-refractivity contribution in [2.24, 2.45) is 0 Å². The Kier molecular flexibility index (Phi) is 6.41. The highest BCUT2D eigenvalue weighted by molar-refractivity contribution is 8.00. The Morgan fingerprint density at radius 2 is 1.76 bits per heavy atom. The fourth-order valence-corrected chi connectivity index (χ4v) is 4.59. The largest absolute Gasteiger partial charge is 0.465 e. The van der Waals surface area contributed by atoms with E-state index in [1.165, 1.54) is 18.9 Å². The molecule has 33 heavy (non-hydrogen) atoms. The fraction of sp³-hybridized carbons (Fsp3) is 0.208. The minimum atomic E-state index is -0.482. The molecule has 0 spiro atoms. The SMILES string of the molecule is COC(=O)c1c(C)[nH]c(C(=O)C(C)Sc2nnc(-c3ccncc3)n2-c2ccccc2)c1C. The van der Waals surface area contributed by atoms with Crippen LogP contribution in [0.5, 0.6) is 0 Å². The van der Waals surface area contributed by atoms with Gasteiger partial charge in [-0.1, -0.05) is 30.0 Å². The van der Waals surface area contributed by atoms with Crippen LogP contribution in [0.2, 0.25) is 0 Å². The molecule has 3 heterocycles. The van der Waals surface area contributed by atoms with Crippen LogP contribution in [0.15, 0.2) is 60.0 Å². The van der Waals surface area contributed by atoms with E-state index >= 15 is 0 Å². The van der Waals surface area contributed by atoms with Crippen molar-refractivity contribution >= 4 is 23.5 Å². The highest BCUT2D eigenvalue weighted by atomic mass is 32.2. The summed E-state index contributed by atoms with van der Waals surface area (Å²) in [5.74, 6) is 0.0564. The number of ether oxygens (including phenoxy) is 1. The zero-order chi connectivity index (χ0) is 23.5. The van der Waals surface area contributed by atoms with Gasteiger partial charge < -0.3 is 9.72 Å². The maximum Gasteiger partial charge on any atom is 0.339 e. The van der Waals surface area contributed by atoms with E-state index in [2.05, 4.69) is 20.2 Å². The molecule has 1 N–H and O–H groups in total. The quantitative estimate of drug-likeness (QED) is 0.247. The van der Waals surface area contributed by atoms with Gasteiger partial charge in [0.05, 0.1) is 23.6 Å². The smallest absolute Gasteiger partial charge is 0.339 e. The molecule has 168 valence electrons. The molecule has 0 aliphatic heterocycles. The zero-order valence-electron chi connectivity index (χ0n) is 18.7. The molecule has 0 aliphatic carbocycles. The van der Waals surface area contributed by atoms with Crippen LogP contribution in [0.3, 0.4) is 0 Å². The van der Waals surface area contributed by atoms with Gasteiger partial charge in [0, 0.05) is 29.3 Å². The summed E-state index contributed by atoms with van der Waals surface area (Å²) < 4.78 is 6.78. The second-order valence-electron chi connectivity index (χ2n) is 7.45. The molecule has 1 atom stereocenters. The molecular formula is C24H23N5O3S. The van der Waals surface area contributed by atoms with Gasteiger partial charge in [-0.25, -0.2) is 4.79 Å². The number of Topliss-reactive ketones (excluding diaryl/α,β-unsaturated/α-hetero) is 1. The van der Waals surface area contributed by atoms with Crippen molar-refractivity contribution in [3.05, 3.63) is 77.4 Å². The average Bonchev–Trinajstić information content (AvgIpc) is 3.39. The van der Waals surface area contributed by atoms with Crippen molar-refractivity contribution in [2.75, 3.05) is 7.11 Å². The number of methoxy groups -OCH3 is 1. The lowest BCUT2D eigenvalue weighted by Crippen LogP contribution is -2.16. The molecule has 0 saturated carbocycles. The number of H-pyrrole nitrogens is 1. The molecule has 0 saturated heterocycles. The molecule has 3 aromatic heterocycles. The molecule has 4 aromatic rings. The van der Waals surface area contributed by atoms with E-state index in [9.17, 15) is 9.59 Å². The molecule has 0 fully saturated rings. The van der Waals surface area contributed by atoms with Gasteiger partial charge in [0.25, 0.3) is 0 Å². The molecule has 8 nitrogen and oxygen atoms in total. The Morgan fingerprint density at radius 1 is 1.06 bits per heavy atom. The number of rotatable bonds is 7. The molecular weight excluding hydrogens is 438 g/mol. The van der Waals surface area contributed by atoms with Crippen LogP contribution in [0, 0.1) is 13.8 Å². The standard InChI is InChI=1S/C24H23N5O3S/c1-14-19(23(31)32-4)15(2)26-20(14)21(30)16(3)33-24-28-27-22(17-10-12-25-13-11-17)29(24)18-8-6-5-7-9-18/h5-13,16,26H,1-4H3. The number of benzene rings is 1. The van der Waals surface area contributed by atoms with Crippen molar-refractivity contribution in [3.8, 4) is 17.1 Å². The second-order valence-corrected chi connectivity index (χ2v) is 8.76. The first-order valence-electron chi connectivity index (χ1n) is 10.3. The minimum Gasteiger partial charge on any atom is -0.465 e. The third kappa shape index (κ3) is 4.31. The van der Waals surface area contributed by atoms with Gasteiger partial charge in [0.2, 0.25) is 0 Å². The number of para-hydroxylation sites is 1. The Labute approximate surface area is 195 Å². The summed E-state index contributed by atoms with van der Waals surface area (Å²) in [7, 11) is 1.32. The van der Waals surface area contributed by atoms with Crippen molar-refractivity contribution in [1.82, 2.24) is 24.7 Å². The highest BCUT2D eigenvalue weighted by Gasteiger charge is 2.28. The fourth-order valence-electron chi connectivity index (χ4n) is 3.66. The Hall–Kier alpha value is -3.72. The normalized spacial score (nSPS) is 11.9. The summed E-state index contributed by atoms with van der Waals surface area (Å²) in [4.78, 5) is 32.5. The molecule has 9 heteroatoms. The monoisotopic (exact) mass is 461 g/mol. The maximum absolute atomic E-state index is 13.3. The molecule has 0 amide bonds. The molecule has 1 unspecified atom stereocenters. The van der Waals surface area contributed by atoms with Crippen molar-refractivity contribution in [1.29, 1.82) is 0 Å². The van der Waals surface area contributed by atoms with Gasteiger partial charge in [-0.15, -0.1) is 10.2 Å². The predicted octanol–water partition coefficient (Wildman–Crippen LogP) is 4.42. The number of esters is 1. The summed E-state index contributed by atoms with van der Waals surface area (Å²) in [6.45, 7) is 5.31. The number of hydrogen-bond donors (Lipinski definition) is 1. The Balaban J connectivity index is 1.69. The number of nitrogens with one attached hydrogen (secondary N) is 1. The van der Waals surface area contributed by atoms with E-state index in [-0.39, 0.29) is 5.78 Å². The first-order valence-corrected chi connectivity index (χ1v) is 11.2. The summed E-state index contributed by atoms with van der Waals surface area (Å²) >= 11 is 1.31. The van der Waals surface area contributed by atoms with E-state index in [0.717, 1.165) is 11.3 Å². The lowest BCUT2D eigenvalue weighted by atomic mass is 10.1. The lowest BCUT2D eigenvalue weighted by Gasteiger charge is -2.13. The number of carbonyl (C=O) groups excluding carboxylic acids is 2. The summed E-state index contributed by atoms with van der Waals surface area (Å²) in [6.07, 6.45) is 3.40. The van der Waals surface area contributed by atoms with Gasteiger partial charge in [-0.05, 0) is 50.6 Å². The average molecular weight is 462 g/mol. The number of carbonyl (C=O) groups is 2. The molecule has 0 bridgehead atoms. The number of nitrogens with zero attached hydrogens (tertiary/aromatic N) is 4. The number of thioether (sulfide) groups is 1. The van der Waals surface area contributed by atoms with Gasteiger partial charge in [0.15, 0.2) is 16.8 Å². The Morgan fingerprint density at radius 3 is 2.42 bits per heavy atom. The Bertz CT molecular complexity index is 1300. The van der Waals surface area contributed by atoms with E-state index in [1.54, 1.807) is 26.2 Å². The summed E-state index contributed by atoms with van der Waals surface area (Å²) in [5, 5.41) is 8.90. The third-order valence-corrected chi connectivity index (χ3v) is 6.35. The topological polar surface area (TPSA) is 103 Å². The maximum atomic E-state index is 13.3. The van der Waals surface area contributed by atoms with Crippen LogP contribution in [-0.2, 0) is 4.74 Å². The van der Waals surface area contributed by atoms with Gasteiger partial charge in [-0.3, -0.25) is 14.3 Å². The van der Waals surface area contributed by atoms with Crippen molar-refractivity contribution < 1.29 is 14.3 Å². The predicted molar refractivity (Wildman–Crippen MR) is 126 cm³/mol. The van der Waals surface area contributed by atoms with Crippen LogP contribution >= 0.6 is 11.8 Å². The van der Waals surface area contributed by atoms with Crippen LogP contribution in [0.25, 0.3) is 17.1 Å². The number of ketones is 1. The number of aromatic nitrogens is 5. The highest BCUT2D eigenvalue weighted by Crippen LogP contribution is 2.32. The first-order chi connectivity index (χ1) is 15.9. The third-order valence-electron chi connectivity index (χ3n) is 5.31. The van der Waals surface area contributed by atoms with Crippen LogP contribution in [0.1, 0.15) is 39.0 Å². The van der Waals surface area contributed by atoms with Gasteiger partial charge in [0.1, 0.15) is 0 Å². The van der Waals surface area contributed by atoms with Crippen LogP contribution in [-0.4, -0.2) is 48.8 Å². The molecule has 1 aromatic carbocycles. The molecule has 0 aliphatic rings. The number of hydrogen-bond acceptors (Lipinski definition) is 7. The number of pyridine rings is 1.